The number of hydrogen-bond donors (Lipinski definition) is 1. The molecule has 8 nitrogen and oxygen atoms in total. The third-order valence-electron chi connectivity index (χ3n) is 4.40. The first-order valence-electron chi connectivity index (χ1n) is 8.47. The van der Waals surface area contributed by atoms with E-state index in [1.54, 1.807) is 12.4 Å². The van der Waals surface area contributed by atoms with Crippen molar-refractivity contribution in [3.63, 3.8) is 0 Å². The van der Waals surface area contributed by atoms with E-state index in [1.807, 2.05) is 13.8 Å². The quantitative estimate of drug-likeness (QED) is 0.497. The summed E-state index contributed by atoms with van der Waals surface area (Å²) in [5.74, 6) is 0.493. The van der Waals surface area contributed by atoms with Crippen molar-refractivity contribution >= 4 is 26.7 Å². The highest BCUT2D eigenvalue weighted by atomic mass is 32.2. The van der Waals surface area contributed by atoms with Gasteiger partial charge in [0.25, 0.3) is 0 Å². The van der Waals surface area contributed by atoms with Crippen LogP contribution in [0.5, 0.6) is 0 Å². The molecular weight excluding hydrogens is 352 g/mol. The molecule has 2 N–H and O–H groups in total. The van der Waals surface area contributed by atoms with Gasteiger partial charge in [-0.05, 0) is 38.3 Å². The number of hydrogen-bond acceptors (Lipinski definition) is 7. The molecule has 0 aliphatic heterocycles. The van der Waals surface area contributed by atoms with Crippen molar-refractivity contribution in [1.29, 1.82) is 0 Å². The number of rotatable bonds is 7. The van der Waals surface area contributed by atoms with Crippen LogP contribution in [0.15, 0.2) is 29.9 Å². The minimum atomic E-state index is -3.41. The first-order valence-corrected chi connectivity index (χ1v) is 10.1. The molecule has 0 unspecified atom stereocenters. The number of nitrogens with two attached hydrogens (primary N) is 1. The van der Waals surface area contributed by atoms with Gasteiger partial charge in [0.15, 0.2) is 5.82 Å². The van der Waals surface area contributed by atoms with Crippen LogP contribution in [0.1, 0.15) is 30.5 Å². The number of aromatic nitrogens is 5. The first kappa shape index (κ1) is 18.2. The van der Waals surface area contributed by atoms with Gasteiger partial charge >= 0.3 is 0 Å². The van der Waals surface area contributed by atoms with Crippen molar-refractivity contribution in [3.05, 3.63) is 36.0 Å². The molecule has 9 heteroatoms. The van der Waals surface area contributed by atoms with Crippen molar-refractivity contribution in [2.45, 2.75) is 44.8 Å². The monoisotopic (exact) mass is 374 g/mol. The Morgan fingerprint density at radius 2 is 1.81 bits per heavy atom. The van der Waals surface area contributed by atoms with E-state index in [4.69, 9.17) is 5.73 Å². The summed E-state index contributed by atoms with van der Waals surface area (Å²) in [5.41, 5.74) is 9.63. The van der Waals surface area contributed by atoms with E-state index in [9.17, 15) is 8.42 Å². The molecule has 0 amide bonds. The zero-order valence-electron chi connectivity index (χ0n) is 14.9. The number of anilines is 1. The fourth-order valence-corrected chi connectivity index (χ4v) is 4.12. The van der Waals surface area contributed by atoms with Gasteiger partial charge in [0.1, 0.15) is 5.52 Å². The summed E-state index contributed by atoms with van der Waals surface area (Å²) in [6.07, 6.45) is 6.84. The average molecular weight is 374 g/mol. The molecule has 138 valence electrons. The summed E-state index contributed by atoms with van der Waals surface area (Å²) in [4.78, 5) is 16.3. The summed E-state index contributed by atoms with van der Waals surface area (Å²) in [6, 6.07) is 1.60. The second kappa shape index (κ2) is 7.36. The van der Waals surface area contributed by atoms with Crippen molar-refractivity contribution in [2.75, 3.05) is 11.5 Å². The molecule has 0 fully saturated rings. The molecule has 0 saturated carbocycles. The number of nitrogen functional groups attached to an aromatic ring is 1. The standard InChI is InChI=1S/C17H22N6O2S/c1-12-13(2)22-16(18)14-15(12)23(11-21-14)9-4-3-5-10-26(24,25)17-19-7-6-8-20-17/h6-8,11H,3-5,9-10H2,1-2H3,(H2,18,22). The minimum Gasteiger partial charge on any atom is -0.382 e. The molecule has 0 aliphatic carbocycles. The second-order valence-corrected chi connectivity index (χ2v) is 8.26. The normalized spacial score (nSPS) is 11.9. The lowest BCUT2D eigenvalue weighted by atomic mass is 10.2. The minimum absolute atomic E-state index is 0.0523. The van der Waals surface area contributed by atoms with Gasteiger partial charge in [0.05, 0.1) is 17.6 Å². The lowest BCUT2D eigenvalue weighted by Crippen LogP contribution is -2.10. The number of sulfone groups is 1. The van der Waals surface area contributed by atoms with Crippen LogP contribution in [-0.4, -0.2) is 38.7 Å². The number of nitrogens with zero attached hydrogens (tertiary/aromatic N) is 5. The van der Waals surface area contributed by atoms with Crippen LogP contribution in [0.4, 0.5) is 5.82 Å². The van der Waals surface area contributed by atoms with Gasteiger partial charge in [0.2, 0.25) is 15.0 Å². The first-order chi connectivity index (χ1) is 12.4. The van der Waals surface area contributed by atoms with E-state index in [0.717, 1.165) is 41.7 Å². The Morgan fingerprint density at radius 3 is 2.54 bits per heavy atom. The molecule has 3 heterocycles. The molecule has 0 saturated heterocycles. The molecule has 0 radical (unpaired) electrons. The number of unbranched alkanes of at least 4 members (excludes halogenated alkanes) is 2. The molecule has 0 atom stereocenters. The Balaban J connectivity index is 1.59. The van der Waals surface area contributed by atoms with Crippen molar-refractivity contribution in [1.82, 2.24) is 24.5 Å². The summed E-state index contributed by atoms with van der Waals surface area (Å²) >= 11 is 0. The maximum atomic E-state index is 12.2. The van der Waals surface area contributed by atoms with Gasteiger partial charge in [-0.15, -0.1) is 0 Å². The van der Waals surface area contributed by atoms with Crippen LogP contribution in [0.3, 0.4) is 0 Å². The molecule has 26 heavy (non-hydrogen) atoms. The van der Waals surface area contributed by atoms with Gasteiger partial charge < -0.3 is 10.3 Å². The SMILES string of the molecule is Cc1nc(N)c2ncn(CCCCCS(=O)(=O)c3ncccn3)c2c1C. The van der Waals surface area contributed by atoms with Gasteiger partial charge in [-0.3, -0.25) is 0 Å². The summed E-state index contributed by atoms with van der Waals surface area (Å²) in [5, 5.41) is -0.102. The van der Waals surface area contributed by atoms with E-state index >= 15 is 0 Å². The van der Waals surface area contributed by atoms with Crippen LogP contribution in [0.25, 0.3) is 11.0 Å². The van der Waals surface area contributed by atoms with Crippen LogP contribution in [-0.2, 0) is 16.4 Å². The molecule has 0 spiro atoms. The largest absolute Gasteiger partial charge is 0.382 e. The van der Waals surface area contributed by atoms with Gasteiger partial charge in [0, 0.05) is 24.6 Å². The zero-order chi connectivity index (χ0) is 18.7. The molecule has 0 aliphatic rings. The van der Waals surface area contributed by atoms with E-state index < -0.39 is 9.84 Å². The zero-order valence-corrected chi connectivity index (χ0v) is 15.7. The summed E-state index contributed by atoms with van der Waals surface area (Å²) in [6.45, 7) is 4.69. The highest BCUT2D eigenvalue weighted by molar-refractivity contribution is 7.91. The van der Waals surface area contributed by atoms with E-state index in [-0.39, 0.29) is 10.9 Å². The number of imidazole rings is 1. The van der Waals surface area contributed by atoms with Crippen molar-refractivity contribution in [2.24, 2.45) is 0 Å². The highest BCUT2D eigenvalue weighted by Crippen LogP contribution is 2.24. The van der Waals surface area contributed by atoms with Crippen LogP contribution in [0, 0.1) is 13.8 Å². The number of pyridine rings is 1. The van der Waals surface area contributed by atoms with Gasteiger partial charge in [-0.25, -0.2) is 28.4 Å². The fourth-order valence-electron chi connectivity index (χ4n) is 2.91. The van der Waals surface area contributed by atoms with E-state index in [2.05, 4.69) is 24.5 Å². The Labute approximate surface area is 152 Å². The maximum Gasteiger partial charge on any atom is 0.246 e. The average Bonchev–Trinajstić information content (AvgIpc) is 3.05. The smallest absolute Gasteiger partial charge is 0.246 e. The molecule has 0 bridgehead atoms. The highest BCUT2D eigenvalue weighted by Gasteiger charge is 2.17. The Kier molecular flexibility index (Phi) is 5.17. The second-order valence-electron chi connectivity index (χ2n) is 6.25. The van der Waals surface area contributed by atoms with Gasteiger partial charge in [-0.1, -0.05) is 6.42 Å². The van der Waals surface area contributed by atoms with Crippen LogP contribution < -0.4 is 5.73 Å². The van der Waals surface area contributed by atoms with E-state index in [0.29, 0.717) is 12.2 Å². The third kappa shape index (κ3) is 3.67. The maximum absolute atomic E-state index is 12.2. The molecule has 3 aromatic rings. The Bertz CT molecular complexity index is 1010. The molecule has 0 aromatic carbocycles. The number of fused-ring (bicyclic) bond motifs is 1. The van der Waals surface area contributed by atoms with Crippen molar-refractivity contribution < 1.29 is 8.42 Å². The van der Waals surface area contributed by atoms with Crippen molar-refractivity contribution in [3.8, 4) is 0 Å². The molecule has 3 aromatic heterocycles. The van der Waals surface area contributed by atoms with Crippen LogP contribution >= 0.6 is 0 Å². The van der Waals surface area contributed by atoms with Crippen LogP contribution in [0.2, 0.25) is 0 Å². The Hall–Kier alpha value is -2.55. The third-order valence-corrected chi connectivity index (χ3v) is 5.99. The molecular formula is C17H22N6O2S. The lowest BCUT2D eigenvalue weighted by molar-refractivity contribution is 0.573. The molecule has 3 rings (SSSR count). The van der Waals surface area contributed by atoms with Gasteiger partial charge in [-0.2, -0.15) is 0 Å². The Morgan fingerprint density at radius 1 is 1.08 bits per heavy atom. The van der Waals surface area contributed by atoms with E-state index in [1.165, 1.54) is 12.4 Å². The fraction of sp³-hybridized carbons (Fsp3) is 0.412. The predicted molar refractivity (Wildman–Crippen MR) is 99.4 cm³/mol. The lowest BCUT2D eigenvalue weighted by Gasteiger charge is -2.09. The summed E-state index contributed by atoms with van der Waals surface area (Å²) < 4.78 is 26.4. The predicted octanol–water partition coefficient (Wildman–Crippen LogP) is 2.06. The number of aryl methyl sites for hydroxylation is 3. The summed E-state index contributed by atoms with van der Waals surface area (Å²) in [7, 11) is -3.41. The topological polar surface area (TPSA) is 117 Å².